The van der Waals surface area contributed by atoms with Crippen LogP contribution in [0, 0.1) is 11.7 Å². The highest BCUT2D eigenvalue weighted by atomic mass is 127. The maximum atomic E-state index is 13.8. The summed E-state index contributed by atoms with van der Waals surface area (Å²) in [5.74, 6) is 0.791. The second kappa shape index (κ2) is 9.81. The zero-order valence-electron chi connectivity index (χ0n) is 13.2. The van der Waals surface area contributed by atoms with Crippen LogP contribution < -0.4 is 16.0 Å². The molecule has 6 heteroatoms. The van der Waals surface area contributed by atoms with Crippen molar-refractivity contribution in [1.82, 2.24) is 5.32 Å². The average Bonchev–Trinajstić information content (AvgIpc) is 2.35. The molecule has 3 N–H and O–H groups in total. The lowest BCUT2D eigenvalue weighted by Gasteiger charge is -2.13. The molecular weight excluding hydrogens is 382 g/mol. The van der Waals surface area contributed by atoms with E-state index in [1.807, 2.05) is 20.2 Å². The molecule has 0 saturated carbocycles. The summed E-state index contributed by atoms with van der Waals surface area (Å²) in [6.07, 6.45) is 1.04. The fourth-order valence-corrected chi connectivity index (χ4v) is 1.73. The van der Waals surface area contributed by atoms with E-state index in [1.54, 1.807) is 11.0 Å². The van der Waals surface area contributed by atoms with E-state index < -0.39 is 0 Å². The van der Waals surface area contributed by atoms with E-state index >= 15 is 0 Å². The average molecular weight is 408 g/mol. The second-order valence-electron chi connectivity index (χ2n) is 5.49. The van der Waals surface area contributed by atoms with Crippen molar-refractivity contribution >= 4 is 35.6 Å². The lowest BCUT2D eigenvalue weighted by atomic mass is 10.1. The highest BCUT2D eigenvalue weighted by molar-refractivity contribution is 14.0. The number of guanidine groups is 1. The maximum Gasteiger partial charge on any atom is 0.188 e. The van der Waals surface area contributed by atoms with E-state index in [9.17, 15) is 4.39 Å². The SMILES string of the molecule is CC(C)CCNC(N)=NCc1ccc(N(C)C)c(F)c1.I. The quantitative estimate of drug-likeness (QED) is 0.433. The van der Waals surface area contributed by atoms with Crippen molar-refractivity contribution in [3.8, 4) is 0 Å². The van der Waals surface area contributed by atoms with Crippen LogP contribution in [0.15, 0.2) is 23.2 Å². The monoisotopic (exact) mass is 408 g/mol. The van der Waals surface area contributed by atoms with E-state index in [4.69, 9.17) is 5.73 Å². The van der Waals surface area contributed by atoms with Crippen molar-refractivity contribution in [2.24, 2.45) is 16.6 Å². The number of hydrogen-bond donors (Lipinski definition) is 2. The zero-order valence-corrected chi connectivity index (χ0v) is 15.5. The number of benzene rings is 1. The number of anilines is 1. The second-order valence-corrected chi connectivity index (χ2v) is 5.49. The topological polar surface area (TPSA) is 53.6 Å². The van der Waals surface area contributed by atoms with E-state index in [0.29, 0.717) is 24.1 Å². The first-order valence-electron chi connectivity index (χ1n) is 6.89. The molecule has 120 valence electrons. The Labute approximate surface area is 144 Å². The summed E-state index contributed by atoms with van der Waals surface area (Å²) >= 11 is 0. The molecule has 0 atom stereocenters. The summed E-state index contributed by atoms with van der Waals surface area (Å²) in [6, 6.07) is 5.12. The molecule has 0 heterocycles. The molecule has 1 aromatic carbocycles. The Hall–Kier alpha value is -1.05. The molecule has 0 radical (unpaired) electrons. The molecule has 0 aromatic heterocycles. The number of rotatable bonds is 6. The molecule has 0 unspecified atom stereocenters. The molecule has 1 aromatic rings. The predicted octanol–water partition coefficient (Wildman–Crippen LogP) is 2.96. The lowest BCUT2D eigenvalue weighted by Crippen LogP contribution is -2.32. The zero-order chi connectivity index (χ0) is 15.1. The van der Waals surface area contributed by atoms with E-state index in [-0.39, 0.29) is 29.8 Å². The predicted molar refractivity (Wildman–Crippen MR) is 98.9 cm³/mol. The van der Waals surface area contributed by atoms with Crippen LogP contribution in [0.3, 0.4) is 0 Å². The van der Waals surface area contributed by atoms with E-state index in [2.05, 4.69) is 24.2 Å². The van der Waals surface area contributed by atoms with Crippen LogP contribution in [0.4, 0.5) is 10.1 Å². The molecule has 0 aliphatic carbocycles. The summed E-state index contributed by atoms with van der Waals surface area (Å²) in [7, 11) is 3.62. The Bertz CT molecular complexity index is 461. The summed E-state index contributed by atoms with van der Waals surface area (Å²) < 4.78 is 13.8. The number of nitrogens with two attached hydrogens (primary N) is 1. The van der Waals surface area contributed by atoms with Crippen molar-refractivity contribution in [2.75, 3.05) is 25.5 Å². The summed E-state index contributed by atoms with van der Waals surface area (Å²) in [5, 5.41) is 3.05. The van der Waals surface area contributed by atoms with Crippen LogP contribution in [-0.2, 0) is 6.54 Å². The van der Waals surface area contributed by atoms with Gasteiger partial charge >= 0.3 is 0 Å². The van der Waals surface area contributed by atoms with Gasteiger partial charge < -0.3 is 16.0 Å². The number of nitrogens with zero attached hydrogens (tertiary/aromatic N) is 2. The Morgan fingerprint density at radius 2 is 2.05 bits per heavy atom. The van der Waals surface area contributed by atoms with Gasteiger partial charge in [-0.3, -0.25) is 0 Å². The maximum absolute atomic E-state index is 13.8. The summed E-state index contributed by atoms with van der Waals surface area (Å²) in [6.45, 7) is 5.50. The van der Waals surface area contributed by atoms with Gasteiger partial charge in [0.2, 0.25) is 0 Å². The smallest absolute Gasteiger partial charge is 0.188 e. The molecular formula is C15H26FIN4. The molecule has 0 fully saturated rings. The third kappa shape index (κ3) is 7.50. The third-order valence-corrected chi connectivity index (χ3v) is 2.95. The summed E-state index contributed by atoms with van der Waals surface area (Å²) in [5.41, 5.74) is 7.14. The lowest BCUT2D eigenvalue weighted by molar-refractivity contribution is 0.576. The van der Waals surface area contributed by atoms with E-state index in [1.165, 1.54) is 6.07 Å². The minimum absolute atomic E-state index is 0. The van der Waals surface area contributed by atoms with Crippen molar-refractivity contribution in [1.29, 1.82) is 0 Å². The number of halogens is 2. The standard InChI is InChI=1S/C15H25FN4.HI/c1-11(2)7-8-18-15(17)19-10-12-5-6-14(20(3)4)13(16)9-12;/h5-6,9,11H,7-8,10H2,1-4H3,(H3,17,18,19);1H. The normalized spacial score (nSPS) is 11.2. The van der Waals surface area contributed by atoms with Gasteiger partial charge in [0.25, 0.3) is 0 Å². The molecule has 0 amide bonds. The number of hydrogen-bond acceptors (Lipinski definition) is 2. The van der Waals surface area contributed by atoms with Gasteiger partial charge in [0, 0.05) is 20.6 Å². The van der Waals surface area contributed by atoms with Gasteiger partial charge in [-0.25, -0.2) is 9.38 Å². The van der Waals surface area contributed by atoms with Crippen LogP contribution in [0.2, 0.25) is 0 Å². The highest BCUT2D eigenvalue weighted by Gasteiger charge is 2.05. The first-order valence-corrected chi connectivity index (χ1v) is 6.89. The molecule has 4 nitrogen and oxygen atoms in total. The van der Waals surface area contributed by atoms with Crippen LogP contribution in [0.25, 0.3) is 0 Å². The first kappa shape index (κ1) is 19.9. The van der Waals surface area contributed by atoms with E-state index in [0.717, 1.165) is 18.5 Å². The van der Waals surface area contributed by atoms with Crippen molar-refractivity contribution in [2.45, 2.75) is 26.8 Å². The largest absolute Gasteiger partial charge is 0.375 e. The van der Waals surface area contributed by atoms with Gasteiger partial charge in [0.05, 0.1) is 12.2 Å². The number of aliphatic imine (C=N–C) groups is 1. The minimum atomic E-state index is -0.242. The minimum Gasteiger partial charge on any atom is -0.375 e. The molecule has 0 bridgehead atoms. The van der Waals surface area contributed by atoms with Crippen molar-refractivity contribution in [3.05, 3.63) is 29.6 Å². The van der Waals surface area contributed by atoms with Crippen molar-refractivity contribution in [3.63, 3.8) is 0 Å². The van der Waals surface area contributed by atoms with Crippen molar-refractivity contribution < 1.29 is 4.39 Å². The van der Waals surface area contributed by atoms with Gasteiger partial charge in [0.15, 0.2) is 5.96 Å². The van der Waals surface area contributed by atoms with Gasteiger partial charge in [0.1, 0.15) is 5.82 Å². The van der Waals surface area contributed by atoms with Gasteiger partial charge in [-0.15, -0.1) is 24.0 Å². The molecule has 0 aliphatic heterocycles. The fraction of sp³-hybridized carbons (Fsp3) is 0.533. The van der Waals surface area contributed by atoms with Crippen LogP contribution >= 0.6 is 24.0 Å². The third-order valence-electron chi connectivity index (χ3n) is 2.95. The highest BCUT2D eigenvalue weighted by Crippen LogP contribution is 2.18. The molecule has 0 saturated heterocycles. The molecule has 1 rings (SSSR count). The molecule has 0 spiro atoms. The van der Waals surface area contributed by atoms with Gasteiger partial charge in [-0.2, -0.15) is 0 Å². The van der Waals surface area contributed by atoms with Gasteiger partial charge in [-0.05, 0) is 30.0 Å². The van der Waals surface area contributed by atoms with Crippen LogP contribution in [0.5, 0.6) is 0 Å². The van der Waals surface area contributed by atoms with Gasteiger partial charge in [-0.1, -0.05) is 19.9 Å². The van der Waals surface area contributed by atoms with Crippen LogP contribution in [0.1, 0.15) is 25.8 Å². The Morgan fingerprint density at radius 1 is 1.38 bits per heavy atom. The Balaban J connectivity index is 0.00000400. The Kier molecular flexibility index (Phi) is 9.32. The van der Waals surface area contributed by atoms with Crippen LogP contribution in [-0.4, -0.2) is 26.6 Å². The summed E-state index contributed by atoms with van der Waals surface area (Å²) in [4.78, 5) is 5.95. The molecule has 0 aliphatic rings. The number of nitrogens with one attached hydrogen (secondary N) is 1. The Morgan fingerprint density at radius 3 is 2.57 bits per heavy atom. The molecule has 21 heavy (non-hydrogen) atoms. The first-order chi connectivity index (χ1) is 9.40. The fourth-order valence-electron chi connectivity index (χ4n) is 1.73.